The van der Waals surface area contributed by atoms with Gasteiger partial charge in [-0.2, -0.15) is 8.42 Å². The number of fused-ring (bicyclic) bond motifs is 1. The number of nitrogens with zero attached hydrogens (tertiary/aromatic N) is 2. The van der Waals surface area contributed by atoms with E-state index in [0.717, 1.165) is 23.1 Å². The molecule has 0 bridgehead atoms. The van der Waals surface area contributed by atoms with Crippen LogP contribution in [0.25, 0.3) is 16.8 Å². The van der Waals surface area contributed by atoms with Crippen molar-refractivity contribution in [1.29, 1.82) is 0 Å². The van der Waals surface area contributed by atoms with Gasteiger partial charge in [0.25, 0.3) is 11.1 Å². The number of hydrogen-bond acceptors (Lipinski definition) is 7. The Labute approximate surface area is 222 Å². The normalized spacial score (nSPS) is 17.3. The fourth-order valence-electron chi connectivity index (χ4n) is 4.23. The monoisotopic (exact) mass is 556 g/mol. The molecule has 0 spiro atoms. The number of thioether (sulfide) groups is 1. The Hall–Kier alpha value is -3.34. The van der Waals surface area contributed by atoms with Crippen molar-refractivity contribution in [3.05, 3.63) is 76.2 Å². The second-order valence-corrected chi connectivity index (χ2v) is 11.5. The Balaban J connectivity index is 1.50. The average molecular weight is 557 g/mol. The average Bonchev–Trinajstić information content (AvgIpc) is 3.50. The second kappa shape index (κ2) is 10.2. The summed E-state index contributed by atoms with van der Waals surface area (Å²) in [7, 11) is -4.22. The minimum Gasteiger partial charge on any atom is -0.378 e. The molecule has 2 aliphatic heterocycles. The molecule has 190 valence electrons. The molecule has 8 nitrogen and oxygen atoms in total. The molecular formula is C26H21ClN2O6S2. The molecule has 2 heterocycles. The van der Waals surface area contributed by atoms with E-state index >= 15 is 0 Å². The quantitative estimate of drug-likeness (QED) is 0.314. The van der Waals surface area contributed by atoms with Gasteiger partial charge in [-0.05, 0) is 71.8 Å². The molecule has 0 saturated carbocycles. The van der Waals surface area contributed by atoms with E-state index in [1.165, 1.54) is 36.4 Å². The first-order chi connectivity index (χ1) is 17.7. The lowest BCUT2D eigenvalue weighted by atomic mass is 10.0. The smallest absolute Gasteiger partial charge is 0.339 e. The van der Waals surface area contributed by atoms with Crippen LogP contribution in [0.15, 0.2) is 70.5 Å². The topological polar surface area (TPSA) is 101 Å². The molecule has 11 heteroatoms. The molecule has 3 aromatic carbocycles. The Morgan fingerprint density at radius 2 is 1.70 bits per heavy atom. The van der Waals surface area contributed by atoms with E-state index in [1.54, 1.807) is 23.1 Å². The largest absolute Gasteiger partial charge is 0.378 e. The van der Waals surface area contributed by atoms with Crippen molar-refractivity contribution < 1.29 is 27.0 Å². The van der Waals surface area contributed by atoms with E-state index in [2.05, 4.69) is 0 Å². The highest BCUT2D eigenvalue weighted by Crippen LogP contribution is 2.37. The number of imide groups is 1. The van der Waals surface area contributed by atoms with Crippen LogP contribution in [0.3, 0.4) is 0 Å². The summed E-state index contributed by atoms with van der Waals surface area (Å²) < 4.78 is 31.5. The number of amides is 3. The van der Waals surface area contributed by atoms with E-state index in [1.807, 2.05) is 12.1 Å². The molecule has 2 saturated heterocycles. The molecule has 5 rings (SSSR count). The molecule has 0 atom stereocenters. The number of likely N-dealkylation sites (tertiary alicyclic amines) is 1. The van der Waals surface area contributed by atoms with Crippen LogP contribution < -0.4 is 4.18 Å². The van der Waals surface area contributed by atoms with Gasteiger partial charge in [-0.1, -0.05) is 41.9 Å². The van der Waals surface area contributed by atoms with Crippen molar-refractivity contribution in [2.75, 3.05) is 19.6 Å². The standard InChI is InChI=1S/C26H21ClN2O6S2/c27-18-8-10-19(11-9-18)37(33,34)35-22-12-7-17-5-1-2-6-20(17)21(22)15-23-25(31)29(26(32)36-23)16-24(30)28-13-3-4-14-28/h1-2,5-12,15H,3-4,13-14,16H2/b23-15-. The van der Waals surface area contributed by atoms with Gasteiger partial charge in [-0.25, -0.2) is 0 Å². The zero-order valence-electron chi connectivity index (χ0n) is 19.4. The predicted molar refractivity (Wildman–Crippen MR) is 142 cm³/mol. The summed E-state index contributed by atoms with van der Waals surface area (Å²) in [5.74, 6) is -0.889. The fourth-order valence-corrected chi connectivity index (χ4v) is 6.13. The first-order valence-corrected chi connectivity index (χ1v) is 14.1. The summed E-state index contributed by atoms with van der Waals surface area (Å²) in [6.45, 7) is 0.902. The van der Waals surface area contributed by atoms with Crippen molar-refractivity contribution in [1.82, 2.24) is 9.80 Å². The molecule has 0 aromatic heterocycles. The van der Waals surface area contributed by atoms with E-state index in [0.29, 0.717) is 40.8 Å². The second-order valence-electron chi connectivity index (χ2n) is 8.55. The van der Waals surface area contributed by atoms with Crippen LogP contribution in [-0.2, 0) is 19.7 Å². The molecule has 0 N–H and O–H groups in total. The number of carbonyl (C=O) groups is 3. The molecule has 3 aromatic rings. The van der Waals surface area contributed by atoms with E-state index in [4.69, 9.17) is 15.8 Å². The van der Waals surface area contributed by atoms with E-state index < -0.39 is 21.3 Å². The van der Waals surface area contributed by atoms with Crippen LogP contribution >= 0.6 is 23.4 Å². The number of hydrogen-bond donors (Lipinski definition) is 0. The lowest BCUT2D eigenvalue weighted by Gasteiger charge is -2.18. The zero-order valence-corrected chi connectivity index (χ0v) is 21.8. The third kappa shape index (κ3) is 5.22. The molecule has 2 aliphatic rings. The Bertz CT molecular complexity index is 1550. The number of carbonyl (C=O) groups excluding carboxylic acids is 3. The van der Waals surface area contributed by atoms with Gasteiger partial charge in [0.2, 0.25) is 5.91 Å². The van der Waals surface area contributed by atoms with Gasteiger partial charge in [0.1, 0.15) is 11.4 Å². The van der Waals surface area contributed by atoms with Crippen LogP contribution in [0.2, 0.25) is 5.02 Å². The third-order valence-electron chi connectivity index (χ3n) is 6.13. The van der Waals surface area contributed by atoms with Crippen molar-refractivity contribution in [2.45, 2.75) is 17.7 Å². The van der Waals surface area contributed by atoms with Crippen LogP contribution in [-0.4, -0.2) is 54.9 Å². The number of benzene rings is 3. The summed E-state index contributed by atoms with van der Waals surface area (Å²) in [6, 6.07) is 16.0. The highest BCUT2D eigenvalue weighted by Gasteiger charge is 2.37. The third-order valence-corrected chi connectivity index (χ3v) is 8.54. The molecule has 2 fully saturated rings. The van der Waals surface area contributed by atoms with Crippen molar-refractivity contribution in [3.63, 3.8) is 0 Å². The molecule has 37 heavy (non-hydrogen) atoms. The highest BCUT2D eigenvalue weighted by molar-refractivity contribution is 8.18. The maximum atomic E-state index is 13.1. The lowest BCUT2D eigenvalue weighted by molar-refractivity contribution is -0.135. The van der Waals surface area contributed by atoms with Crippen molar-refractivity contribution in [3.8, 4) is 5.75 Å². The Morgan fingerprint density at radius 1 is 1.00 bits per heavy atom. The minimum absolute atomic E-state index is 0.00593. The molecule has 3 amide bonds. The van der Waals surface area contributed by atoms with Crippen LogP contribution in [0.5, 0.6) is 5.75 Å². The van der Waals surface area contributed by atoms with E-state index in [-0.39, 0.29) is 28.0 Å². The molecular weight excluding hydrogens is 536 g/mol. The maximum Gasteiger partial charge on any atom is 0.339 e. The molecule has 0 unspecified atom stereocenters. The molecule has 0 aliphatic carbocycles. The van der Waals surface area contributed by atoms with Crippen LogP contribution in [0, 0.1) is 0 Å². The van der Waals surface area contributed by atoms with Gasteiger partial charge in [0.15, 0.2) is 5.75 Å². The summed E-state index contributed by atoms with van der Waals surface area (Å²) in [4.78, 5) is 40.9. The molecule has 0 radical (unpaired) electrons. The van der Waals surface area contributed by atoms with Gasteiger partial charge in [-0.3, -0.25) is 19.3 Å². The summed E-state index contributed by atoms with van der Waals surface area (Å²) >= 11 is 6.58. The Morgan fingerprint density at radius 3 is 2.43 bits per heavy atom. The first kappa shape index (κ1) is 25.3. The first-order valence-electron chi connectivity index (χ1n) is 11.5. The highest BCUT2D eigenvalue weighted by atomic mass is 35.5. The number of rotatable bonds is 6. The van der Waals surface area contributed by atoms with Crippen molar-refractivity contribution in [2.24, 2.45) is 0 Å². The summed E-state index contributed by atoms with van der Waals surface area (Å²) in [5.41, 5.74) is 0.326. The predicted octanol–water partition coefficient (Wildman–Crippen LogP) is 4.92. The summed E-state index contributed by atoms with van der Waals surface area (Å²) in [6.07, 6.45) is 3.24. The SMILES string of the molecule is O=C(CN1C(=O)S/C(=C\c2c(OS(=O)(=O)c3ccc(Cl)cc3)ccc3ccccc23)C1=O)N1CCCC1. The fraction of sp³-hybridized carbons (Fsp3) is 0.192. The van der Waals surface area contributed by atoms with Gasteiger partial charge in [0, 0.05) is 23.7 Å². The van der Waals surface area contributed by atoms with Crippen LogP contribution in [0.1, 0.15) is 18.4 Å². The maximum absolute atomic E-state index is 13.1. The lowest BCUT2D eigenvalue weighted by Crippen LogP contribution is -2.40. The zero-order chi connectivity index (χ0) is 26.2. The Kier molecular flexibility index (Phi) is 6.98. The van der Waals surface area contributed by atoms with Crippen molar-refractivity contribution >= 4 is 67.4 Å². The van der Waals surface area contributed by atoms with Gasteiger partial charge >= 0.3 is 10.1 Å². The van der Waals surface area contributed by atoms with E-state index in [9.17, 15) is 22.8 Å². The van der Waals surface area contributed by atoms with Gasteiger partial charge < -0.3 is 9.08 Å². The van der Waals surface area contributed by atoms with Crippen LogP contribution in [0.4, 0.5) is 4.79 Å². The summed E-state index contributed by atoms with van der Waals surface area (Å²) in [5, 5.41) is 1.24. The van der Waals surface area contributed by atoms with Gasteiger partial charge in [-0.15, -0.1) is 0 Å². The minimum atomic E-state index is -4.22. The van der Waals surface area contributed by atoms with Gasteiger partial charge in [0.05, 0.1) is 4.91 Å². The number of halogens is 1.